The lowest BCUT2D eigenvalue weighted by Gasteiger charge is -2.35. The van der Waals surface area contributed by atoms with Crippen LogP contribution in [-0.4, -0.2) is 29.6 Å². The van der Waals surface area contributed by atoms with Crippen LogP contribution in [0.1, 0.15) is 42.9 Å². The van der Waals surface area contributed by atoms with Crippen LogP contribution in [0.5, 0.6) is 0 Å². The van der Waals surface area contributed by atoms with Gasteiger partial charge < -0.3 is 10.0 Å². The monoisotopic (exact) mass is 281 g/mol. The number of hydrogen-bond donors (Lipinski definition) is 1. The van der Waals surface area contributed by atoms with Crippen molar-refractivity contribution in [2.45, 2.75) is 38.2 Å². The highest BCUT2D eigenvalue weighted by atomic mass is 35.5. The fourth-order valence-corrected chi connectivity index (χ4v) is 3.47. The molecule has 1 aliphatic heterocycles. The third-order valence-corrected chi connectivity index (χ3v) is 4.55. The summed E-state index contributed by atoms with van der Waals surface area (Å²) in [7, 11) is 0. The third-order valence-electron chi connectivity index (χ3n) is 4.55. The molecule has 0 saturated carbocycles. The Hall–Kier alpha value is -0.570. The summed E-state index contributed by atoms with van der Waals surface area (Å²) >= 11 is 0. The van der Waals surface area contributed by atoms with Gasteiger partial charge in [0.2, 0.25) is 0 Å². The van der Waals surface area contributed by atoms with Gasteiger partial charge in [-0.2, -0.15) is 0 Å². The lowest BCUT2D eigenvalue weighted by Crippen LogP contribution is -2.37. The Morgan fingerprint density at radius 2 is 1.84 bits per heavy atom. The van der Waals surface area contributed by atoms with E-state index in [0.717, 1.165) is 19.4 Å². The van der Waals surface area contributed by atoms with Gasteiger partial charge >= 0.3 is 0 Å². The molecule has 2 atom stereocenters. The normalized spacial score (nSPS) is 27.4. The molecule has 2 nitrogen and oxygen atoms in total. The van der Waals surface area contributed by atoms with Crippen molar-refractivity contribution >= 4 is 12.4 Å². The highest BCUT2D eigenvalue weighted by Gasteiger charge is 2.29. The number of aliphatic hydroxyl groups excluding tert-OH is 1. The van der Waals surface area contributed by atoms with Crippen molar-refractivity contribution in [1.29, 1.82) is 0 Å². The van der Waals surface area contributed by atoms with E-state index in [1.54, 1.807) is 0 Å². The molecule has 3 heteroatoms. The van der Waals surface area contributed by atoms with Gasteiger partial charge in [-0.3, -0.25) is 0 Å². The second-order valence-corrected chi connectivity index (χ2v) is 5.80. The fraction of sp³-hybridized carbons (Fsp3) is 0.625. The van der Waals surface area contributed by atoms with Crippen LogP contribution in [0.3, 0.4) is 0 Å². The van der Waals surface area contributed by atoms with Crippen molar-refractivity contribution in [2.24, 2.45) is 5.92 Å². The van der Waals surface area contributed by atoms with E-state index in [-0.39, 0.29) is 18.5 Å². The predicted molar refractivity (Wildman–Crippen MR) is 80.8 cm³/mol. The molecular formula is C16H24ClNO. The van der Waals surface area contributed by atoms with E-state index in [9.17, 15) is 5.11 Å². The number of halogens is 1. The number of likely N-dealkylation sites (tertiary alicyclic amines) is 1. The molecule has 0 radical (unpaired) electrons. The molecular weight excluding hydrogens is 258 g/mol. The highest BCUT2D eigenvalue weighted by molar-refractivity contribution is 5.85. The van der Waals surface area contributed by atoms with Crippen molar-refractivity contribution in [1.82, 2.24) is 4.90 Å². The summed E-state index contributed by atoms with van der Waals surface area (Å²) < 4.78 is 0. The molecule has 1 aromatic carbocycles. The summed E-state index contributed by atoms with van der Waals surface area (Å²) in [5.74, 6) is 0.429. The molecule has 1 aliphatic carbocycles. The molecule has 1 heterocycles. The van der Waals surface area contributed by atoms with Gasteiger partial charge in [0, 0.05) is 12.5 Å². The minimum Gasteiger partial charge on any atom is -0.388 e. The van der Waals surface area contributed by atoms with E-state index >= 15 is 0 Å². The van der Waals surface area contributed by atoms with E-state index in [2.05, 4.69) is 23.1 Å². The Kier molecular flexibility index (Phi) is 5.26. The molecule has 3 rings (SSSR count). The summed E-state index contributed by atoms with van der Waals surface area (Å²) in [6.07, 6.45) is 6.06. The van der Waals surface area contributed by atoms with Crippen LogP contribution in [0.25, 0.3) is 0 Å². The van der Waals surface area contributed by atoms with Crippen LogP contribution in [0.4, 0.5) is 0 Å². The highest BCUT2D eigenvalue weighted by Crippen LogP contribution is 2.35. The number of fused-ring (bicyclic) bond motifs is 1. The minimum atomic E-state index is -0.253. The zero-order chi connectivity index (χ0) is 12.4. The summed E-state index contributed by atoms with van der Waals surface area (Å²) in [6, 6.07) is 8.39. The molecule has 106 valence electrons. The Labute approximate surface area is 122 Å². The quantitative estimate of drug-likeness (QED) is 0.900. The zero-order valence-electron chi connectivity index (χ0n) is 11.4. The minimum absolute atomic E-state index is 0. The summed E-state index contributed by atoms with van der Waals surface area (Å²) in [5.41, 5.74) is 2.52. The van der Waals surface area contributed by atoms with Crippen LogP contribution in [0.2, 0.25) is 0 Å². The molecule has 0 spiro atoms. The van der Waals surface area contributed by atoms with Crippen LogP contribution in [-0.2, 0) is 6.42 Å². The molecule has 0 bridgehead atoms. The van der Waals surface area contributed by atoms with Crippen LogP contribution in [0.15, 0.2) is 24.3 Å². The second kappa shape index (κ2) is 6.74. The maximum absolute atomic E-state index is 10.5. The number of hydrogen-bond acceptors (Lipinski definition) is 2. The fourth-order valence-electron chi connectivity index (χ4n) is 3.47. The summed E-state index contributed by atoms with van der Waals surface area (Å²) in [5, 5.41) is 10.5. The number of aryl methyl sites for hydroxylation is 1. The molecule has 2 aliphatic rings. The number of aliphatic hydroxyl groups is 1. The standard InChI is InChI=1S/C16H23NO.ClH/c18-16-14(12-17-10-4-1-5-11-17)9-8-13-6-2-3-7-15(13)16;/h2-3,6-7,14,16,18H,1,4-5,8-12H2;1H. The Morgan fingerprint density at radius 3 is 2.63 bits per heavy atom. The molecule has 19 heavy (non-hydrogen) atoms. The smallest absolute Gasteiger partial charge is 0.0833 e. The Balaban J connectivity index is 0.00000133. The van der Waals surface area contributed by atoms with E-state index in [4.69, 9.17) is 0 Å². The van der Waals surface area contributed by atoms with Gasteiger partial charge in [-0.1, -0.05) is 30.7 Å². The third kappa shape index (κ3) is 3.31. The second-order valence-electron chi connectivity index (χ2n) is 5.80. The van der Waals surface area contributed by atoms with E-state index in [1.807, 2.05) is 6.07 Å². The van der Waals surface area contributed by atoms with Crippen LogP contribution < -0.4 is 0 Å². The van der Waals surface area contributed by atoms with E-state index < -0.39 is 0 Å². The number of rotatable bonds is 2. The first-order valence-corrected chi connectivity index (χ1v) is 7.33. The van der Waals surface area contributed by atoms with Gasteiger partial charge in [-0.25, -0.2) is 0 Å². The van der Waals surface area contributed by atoms with Crippen molar-refractivity contribution in [2.75, 3.05) is 19.6 Å². The van der Waals surface area contributed by atoms with Gasteiger partial charge in [0.1, 0.15) is 0 Å². The molecule has 0 aromatic heterocycles. The van der Waals surface area contributed by atoms with Crippen LogP contribution in [0, 0.1) is 5.92 Å². The van der Waals surface area contributed by atoms with E-state index in [0.29, 0.717) is 5.92 Å². The van der Waals surface area contributed by atoms with Crippen molar-refractivity contribution in [3.63, 3.8) is 0 Å². The molecule has 1 fully saturated rings. The van der Waals surface area contributed by atoms with Crippen LogP contribution >= 0.6 is 12.4 Å². The maximum Gasteiger partial charge on any atom is 0.0833 e. The van der Waals surface area contributed by atoms with Gasteiger partial charge in [0.15, 0.2) is 0 Å². The molecule has 1 N–H and O–H groups in total. The van der Waals surface area contributed by atoms with Gasteiger partial charge in [-0.05, 0) is 49.9 Å². The Bertz CT molecular complexity index is 403. The van der Waals surface area contributed by atoms with Gasteiger partial charge in [0.05, 0.1) is 6.10 Å². The maximum atomic E-state index is 10.5. The molecule has 0 amide bonds. The summed E-state index contributed by atoms with van der Waals surface area (Å²) in [6.45, 7) is 3.53. The Morgan fingerprint density at radius 1 is 1.11 bits per heavy atom. The molecule has 2 unspecified atom stereocenters. The number of benzene rings is 1. The SMILES string of the molecule is Cl.OC1c2ccccc2CCC1CN1CCCCC1. The van der Waals surface area contributed by atoms with Gasteiger partial charge in [-0.15, -0.1) is 12.4 Å². The van der Waals surface area contributed by atoms with Gasteiger partial charge in [0.25, 0.3) is 0 Å². The predicted octanol–water partition coefficient (Wildman–Crippen LogP) is 3.19. The molecule has 1 aromatic rings. The zero-order valence-corrected chi connectivity index (χ0v) is 12.2. The average Bonchev–Trinajstić information content (AvgIpc) is 2.43. The first-order chi connectivity index (χ1) is 8.84. The first-order valence-electron chi connectivity index (χ1n) is 7.33. The number of piperidine rings is 1. The molecule has 1 saturated heterocycles. The van der Waals surface area contributed by atoms with Crippen molar-refractivity contribution < 1.29 is 5.11 Å². The number of nitrogens with zero attached hydrogens (tertiary/aromatic N) is 1. The lowest BCUT2D eigenvalue weighted by atomic mass is 9.81. The topological polar surface area (TPSA) is 23.5 Å². The lowest BCUT2D eigenvalue weighted by molar-refractivity contribution is 0.0606. The van der Waals surface area contributed by atoms with E-state index in [1.165, 1.54) is 43.5 Å². The largest absolute Gasteiger partial charge is 0.388 e. The first kappa shape index (κ1) is 14.8. The summed E-state index contributed by atoms with van der Waals surface area (Å²) in [4.78, 5) is 2.55. The van der Waals surface area contributed by atoms with Crippen molar-refractivity contribution in [3.8, 4) is 0 Å². The average molecular weight is 282 g/mol. The van der Waals surface area contributed by atoms with Crippen molar-refractivity contribution in [3.05, 3.63) is 35.4 Å².